The second-order valence-corrected chi connectivity index (χ2v) is 5.89. The number of nitrogens with zero attached hydrogens (tertiary/aromatic N) is 2. The first-order chi connectivity index (χ1) is 9.46. The van der Waals surface area contributed by atoms with Crippen molar-refractivity contribution in [3.05, 3.63) is 48.5 Å². The van der Waals surface area contributed by atoms with Gasteiger partial charge in [0.05, 0.1) is 11.4 Å². The molecule has 1 aromatic heterocycles. The SMILES string of the molecule is CCN(c1ccncc1)S(=O)(=O)c1ccc(F)cc1N. The first-order valence-corrected chi connectivity index (χ1v) is 7.38. The van der Waals surface area contributed by atoms with Gasteiger partial charge in [0, 0.05) is 18.9 Å². The molecule has 2 aromatic rings. The van der Waals surface area contributed by atoms with Crippen molar-refractivity contribution in [3.63, 3.8) is 0 Å². The fraction of sp³-hybridized carbons (Fsp3) is 0.154. The van der Waals surface area contributed by atoms with E-state index >= 15 is 0 Å². The molecule has 0 aliphatic rings. The molecular formula is C13H14FN3O2S. The Hall–Kier alpha value is -2.15. The molecule has 2 rings (SSSR count). The van der Waals surface area contributed by atoms with Gasteiger partial charge in [0.25, 0.3) is 10.0 Å². The Kier molecular flexibility index (Phi) is 3.89. The number of sulfonamides is 1. The van der Waals surface area contributed by atoms with Crippen LogP contribution in [0.3, 0.4) is 0 Å². The smallest absolute Gasteiger partial charge is 0.266 e. The van der Waals surface area contributed by atoms with E-state index in [1.807, 2.05) is 0 Å². The first kappa shape index (κ1) is 14.3. The lowest BCUT2D eigenvalue weighted by Crippen LogP contribution is -2.31. The molecule has 0 aliphatic carbocycles. The van der Waals surface area contributed by atoms with Crippen LogP contribution < -0.4 is 10.0 Å². The van der Waals surface area contributed by atoms with E-state index in [1.165, 1.54) is 22.8 Å². The number of benzene rings is 1. The highest BCUT2D eigenvalue weighted by Crippen LogP contribution is 2.26. The number of hydrogen-bond acceptors (Lipinski definition) is 4. The number of nitrogen functional groups attached to an aromatic ring is 1. The van der Waals surface area contributed by atoms with E-state index in [0.717, 1.165) is 12.1 Å². The van der Waals surface area contributed by atoms with Crippen LogP contribution in [0.2, 0.25) is 0 Å². The maximum absolute atomic E-state index is 13.0. The van der Waals surface area contributed by atoms with Crippen molar-refractivity contribution in [1.29, 1.82) is 0 Å². The zero-order valence-electron chi connectivity index (χ0n) is 10.8. The van der Waals surface area contributed by atoms with Gasteiger partial charge in [-0.05, 0) is 37.3 Å². The molecule has 0 aliphatic heterocycles. The van der Waals surface area contributed by atoms with Crippen molar-refractivity contribution in [2.75, 3.05) is 16.6 Å². The highest BCUT2D eigenvalue weighted by Gasteiger charge is 2.25. The van der Waals surface area contributed by atoms with Gasteiger partial charge in [0.2, 0.25) is 0 Å². The molecule has 0 unspecified atom stereocenters. The summed E-state index contributed by atoms with van der Waals surface area (Å²) < 4.78 is 39.4. The van der Waals surface area contributed by atoms with Crippen LogP contribution in [0.15, 0.2) is 47.6 Å². The lowest BCUT2D eigenvalue weighted by molar-refractivity contribution is 0.591. The molecule has 0 bridgehead atoms. The van der Waals surface area contributed by atoms with Gasteiger partial charge < -0.3 is 5.73 Å². The Morgan fingerprint density at radius 2 is 1.90 bits per heavy atom. The minimum atomic E-state index is -3.84. The molecule has 0 spiro atoms. The number of nitrogens with two attached hydrogens (primary N) is 1. The van der Waals surface area contributed by atoms with Crippen LogP contribution in [-0.4, -0.2) is 19.9 Å². The van der Waals surface area contributed by atoms with Crippen LogP contribution in [0.5, 0.6) is 0 Å². The number of pyridine rings is 1. The fourth-order valence-corrected chi connectivity index (χ4v) is 3.45. The predicted octanol–water partition coefficient (Wildman–Crippen LogP) is 2.02. The zero-order valence-corrected chi connectivity index (χ0v) is 11.6. The number of rotatable bonds is 4. The van der Waals surface area contributed by atoms with Gasteiger partial charge in [0.1, 0.15) is 10.7 Å². The molecule has 0 atom stereocenters. The standard InChI is InChI=1S/C13H14FN3O2S/c1-2-17(11-5-7-16-8-6-11)20(18,19)13-4-3-10(14)9-12(13)15/h3-9H,2,15H2,1H3. The summed E-state index contributed by atoms with van der Waals surface area (Å²) in [5, 5.41) is 0. The highest BCUT2D eigenvalue weighted by molar-refractivity contribution is 7.93. The van der Waals surface area contributed by atoms with Crippen molar-refractivity contribution in [2.45, 2.75) is 11.8 Å². The number of anilines is 2. The van der Waals surface area contributed by atoms with Crippen molar-refractivity contribution in [1.82, 2.24) is 4.98 Å². The summed E-state index contributed by atoms with van der Waals surface area (Å²) in [6.07, 6.45) is 3.00. The molecule has 0 saturated carbocycles. The van der Waals surface area contributed by atoms with Crippen molar-refractivity contribution in [2.24, 2.45) is 0 Å². The van der Waals surface area contributed by atoms with Crippen molar-refractivity contribution >= 4 is 21.4 Å². The summed E-state index contributed by atoms with van der Waals surface area (Å²) in [7, 11) is -3.84. The van der Waals surface area contributed by atoms with Crippen LogP contribution in [0.4, 0.5) is 15.8 Å². The van der Waals surface area contributed by atoms with Gasteiger partial charge in [-0.2, -0.15) is 0 Å². The van der Waals surface area contributed by atoms with E-state index in [9.17, 15) is 12.8 Å². The second-order valence-electron chi connectivity index (χ2n) is 4.06. The lowest BCUT2D eigenvalue weighted by atomic mass is 10.3. The Bertz CT molecular complexity index is 705. The summed E-state index contributed by atoms with van der Waals surface area (Å²) >= 11 is 0. The predicted molar refractivity (Wildman–Crippen MR) is 75.3 cm³/mol. The topological polar surface area (TPSA) is 76.3 Å². The Morgan fingerprint density at radius 3 is 2.45 bits per heavy atom. The average molecular weight is 295 g/mol. The molecule has 1 heterocycles. The summed E-state index contributed by atoms with van der Waals surface area (Å²) in [4.78, 5) is 3.74. The molecule has 0 radical (unpaired) electrons. The van der Waals surface area contributed by atoms with Gasteiger partial charge in [-0.3, -0.25) is 9.29 Å². The molecule has 2 N–H and O–H groups in total. The molecular weight excluding hydrogens is 281 g/mol. The van der Waals surface area contributed by atoms with E-state index in [4.69, 9.17) is 5.73 Å². The van der Waals surface area contributed by atoms with Crippen LogP contribution >= 0.6 is 0 Å². The van der Waals surface area contributed by atoms with Crippen LogP contribution in [-0.2, 0) is 10.0 Å². The molecule has 106 valence electrons. The number of hydrogen-bond donors (Lipinski definition) is 1. The fourth-order valence-electron chi connectivity index (χ4n) is 1.87. The molecule has 20 heavy (non-hydrogen) atoms. The number of halogens is 1. The molecule has 0 saturated heterocycles. The molecule has 5 nitrogen and oxygen atoms in total. The van der Waals surface area contributed by atoms with Gasteiger partial charge >= 0.3 is 0 Å². The Morgan fingerprint density at radius 1 is 1.25 bits per heavy atom. The largest absolute Gasteiger partial charge is 0.398 e. The summed E-state index contributed by atoms with van der Waals surface area (Å²) in [5.41, 5.74) is 5.98. The van der Waals surface area contributed by atoms with Gasteiger partial charge in [-0.15, -0.1) is 0 Å². The van der Waals surface area contributed by atoms with Crippen molar-refractivity contribution < 1.29 is 12.8 Å². The van der Waals surface area contributed by atoms with Gasteiger partial charge in [0.15, 0.2) is 0 Å². The van der Waals surface area contributed by atoms with E-state index in [0.29, 0.717) is 5.69 Å². The zero-order chi connectivity index (χ0) is 14.8. The quantitative estimate of drug-likeness (QED) is 0.875. The first-order valence-electron chi connectivity index (χ1n) is 5.94. The lowest BCUT2D eigenvalue weighted by Gasteiger charge is -2.23. The van der Waals surface area contributed by atoms with E-state index in [1.54, 1.807) is 19.1 Å². The summed E-state index contributed by atoms with van der Waals surface area (Å²) in [6.45, 7) is 1.93. The van der Waals surface area contributed by atoms with Crippen LogP contribution in [0.25, 0.3) is 0 Å². The summed E-state index contributed by atoms with van der Waals surface area (Å²) in [6, 6.07) is 6.41. The van der Waals surface area contributed by atoms with Crippen molar-refractivity contribution in [3.8, 4) is 0 Å². The third-order valence-corrected chi connectivity index (χ3v) is 4.75. The molecule has 0 amide bonds. The van der Waals surface area contributed by atoms with E-state index in [-0.39, 0.29) is 17.1 Å². The Balaban J connectivity index is 2.53. The normalized spacial score (nSPS) is 11.3. The Labute approximate surface area is 116 Å². The minimum Gasteiger partial charge on any atom is -0.398 e. The maximum atomic E-state index is 13.0. The van der Waals surface area contributed by atoms with E-state index in [2.05, 4.69) is 4.98 Å². The number of aromatic nitrogens is 1. The molecule has 1 aromatic carbocycles. The monoisotopic (exact) mass is 295 g/mol. The third kappa shape index (κ3) is 2.57. The second kappa shape index (κ2) is 5.46. The van der Waals surface area contributed by atoms with Crippen LogP contribution in [0.1, 0.15) is 6.92 Å². The highest BCUT2D eigenvalue weighted by atomic mass is 32.2. The van der Waals surface area contributed by atoms with Gasteiger partial charge in [-0.1, -0.05) is 0 Å². The van der Waals surface area contributed by atoms with Gasteiger partial charge in [-0.25, -0.2) is 12.8 Å². The third-order valence-electron chi connectivity index (χ3n) is 2.78. The summed E-state index contributed by atoms with van der Waals surface area (Å²) in [5.74, 6) is -0.576. The molecule has 0 fully saturated rings. The minimum absolute atomic E-state index is 0.113. The average Bonchev–Trinajstić information content (AvgIpc) is 2.40. The van der Waals surface area contributed by atoms with E-state index < -0.39 is 15.8 Å². The van der Waals surface area contributed by atoms with Crippen LogP contribution in [0, 0.1) is 5.82 Å². The molecule has 7 heteroatoms. The maximum Gasteiger partial charge on any atom is 0.266 e.